The van der Waals surface area contributed by atoms with Crippen LogP contribution in [0.2, 0.25) is 0 Å². The first kappa shape index (κ1) is 52.9. The van der Waals surface area contributed by atoms with Gasteiger partial charge in [-0.2, -0.15) is 0 Å². The highest BCUT2D eigenvalue weighted by Crippen LogP contribution is 2.65. The maximum atomic E-state index is 7.66. The average Bonchev–Trinajstić information content (AvgIpc) is 1.50. The highest BCUT2D eigenvalue weighted by Gasteiger charge is 2.51. The van der Waals surface area contributed by atoms with E-state index in [1.54, 1.807) is 0 Å². The van der Waals surface area contributed by atoms with Crippen molar-refractivity contribution in [2.75, 3.05) is 9.80 Å². The van der Waals surface area contributed by atoms with Gasteiger partial charge in [0, 0.05) is 49.4 Å². The molecule has 0 saturated carbocycles. The molecule has 88 heavy (non-hydrogen) atoms. The van der Waals surface area contributed by atoms with Gasteiger partial charge in [0.25, 0.3) is 0 Å². The molecule has 0 amide bonds. The van der Waals surface area contributed by atoms with Crippen molar-refractivity contribution in [2.45, 2.75) is 57.8 Å². The molecule has 15 aromatic rings. The minimum absolute atomic E-state index is 0.00939. The average molecular weight is 1140 g/mol. The van der Waals surface area contributed by atoms with E-state index in [4.69, 9.17) is 13.6 Å². The summed E-state index contributed by atoms with van der Waals surface area (Å²) in [7, 11) is 0. The molecule has 16 rings (SSSR count). The molecule has 2 aromatic heterocycles. The Morgan fingerprint density at radius 3 is 1.26 bits per heavy atom. The number of benzene rings is 13. The summed E-state index contributed by atoms with van der Waals surface area (Å²) < 4.78 is 22.0. The third-order valence-corrected chi connectivity index (χ3v) is 18.3. The molecule has 0 aliphatic heterocycles. The SMILES string of the molecule is CC(C)(C)c1ccc(Oc2ccc(C3(c4ccc(C(C)(C)C)cc4)c4cc(N(c5ccccc5)c5cccc6ccccc56)c5c(oc6ccccc65)c4-c4c3cc(N(c3ccccc3)c3cccc5ccccc35)c3oc5ccccc5c43)cc2)cc1. The Hall–Kier alpha value is -10.6. The van der Waals surface area contributed by atoms with Crippen LogP contribution in [-0.2, 0) is 16.2 Å². The van der Waals surface area contributed by atoms with Crippen LogP contribution in [0.5, 0.6) is 11.5 Å². The van der Waals surface area contributed by atoms with Gasteiger partial charge in [0.15, 0.2) is 5.58 Å². The Kier molecular flexibility index (Phi) is 12.2. The maximum Gasteiger partial charge on any atom is 0.160 e. The molecule has 0 radical (unpaired) electrons. The third kappa shape index (κ3) is 8.36. The summed E-state index contributed by atoms with van der Waals surface area (Å²) in [4.78, 5) is 4.89. The van der Waals surface area contributed by atoms with Gasteiger partial charge in [-0.3, -0.25) is 0 Å². The van der Waals surface area contributed by atoms with E-state index < -0.39 is 5.41 Å². The van der Waals surface area contributed by atoms with E-state index >= 15 is 0 Å². The molecule has 0 fully saturated rings. The molecule has 13 aromatic carbocycles. The van der Waals surface area contributed by atoms with Crippen LogP contribution in [0, 0.1) is 0 Å². The summed E-state index contributed by atoms with van der Waals surface area (Å²) in [5, 5.41) is 8.63. The summed E-state index contributed by atoms with van der Waals surface area (Å²) in [5.74, 6) is 1.52. The van der Waals surface area contributed by atoms with Crippen LogP contribution in [0.3, 0.4) is 0 Å². The smallest absolute Gasteiger partial charge is 0.160 e. The van der Waals surface area contributed by atoms with Crippen LogP contribution in [0.1, 0.15) is 74.9 Å². The Bertz CT molecular complexity index is 5170. The van der Waals surface area contributed by atoms with E-state index in [0.717, 1.165) is 144 Å². The van der Waals surface area contributed by atoms with Crippen LogP contribution in [-0.4, -0.2) is 0 Å². The lowest BCUT2D eigenvalue weighted by molar-refractivity contribution is 0.481. The fraction of sp³-hybridized carbons (Fsp3) is 0.108. The van der Waals surface area contributed by atoms with Crippen molar-refractivity contribution in [2.24, 2.45) is 0 Å². The Balaban J connectivity index is 1.09. The van der Waals surface area contributed by atoms with Crippen molar-refractivity contribution in [3.63, 3.8) is 0 Å². The molecule has 0 spiro atoms. The number of rotatable bonds is 10. The summed E-state index contributed by atoms with van der Waals surface area (Å²) in [6.07, 6.45) is 0. The van der Waals surface area contributed by atoms with E-state index in [9.17, 15) is 0 Å². The van der Waals surface area contributed by atoms with Crippen molar-refractivity contribution in [3.8, 4) is 22.6 Å². The van der Waals surface area contributed by atoms with E-state index in [1.807, 2.05) is 0 Å². The number of fused-ring (bicyclic) bond motifs is 13. The predicted octanol–water partition coefficient (Wildman–Crippen LogP) is 23.5. The van der Waals surface area contributed by atoms with Crippen molar-refractivity contribution < 1.29 is 13.6 Å². The Morgan fingerprint density at radius 1 is 0.330 bits per heavy atom. The van der Waals surface area contributed by atoms with Crippen LogP contribution >= 0.6 is 0 Å². The number of furan rings is 2. The standard InChI is InChI=1S/C83H64N2O3/c1-81(2,3)55-39-41-57(42-40-55)83(58-45-49-62(50-46-58)86-61-47-43-56(44-48-61)82(4,5)6)67-52-72(85(60-29-11-8-12-30-60)70-36-22-26-54-24-14-16-32-64(54)70)79-76(66-34-18-20-38-74(66)87-79)77(67)78-68(83)51-71(75-65-33-17-19-37-73(65)88-80(75)78)84(59-27-9-7-10-28-59)69-35-21-25-53-23-13-15-31-63(53)69/h7-52H,1-6H3. The molecule has 5 nitrogen and oxygen atoms in total. The lowest BCUT2D eigenvalue weighted by Gasteiger charge is -2.36. The second-order valence-electron chi connectivity index (χ2n) is 25.6. The quantitative estimate of drug-likeness (QED) is 0.137. The minimum atomic E-state index is -1.03. The lowest BCUT2D eigenvalue weighted by Crippen LogP contribution is -2.29. The zero-order valence-corrected chi connectivity index (χ0v) is 50.2. The van der Waals surface area contributed by atoms with E-state index in [2.05, 4.69) is 330 Å². The maximum absolute atomic E-state index is 7.66. The van der Waals surface area contributed by atoms with Gasteiger partial charge in [0.2, 0.25) is 0 Å². The molecule has 0 saturated heterocycles. The fourth-order valence-corrected chi connectivity index (χ4v) is 14.1. The van der Waals surface area contributed by atoms with E-state index in [0.29, 0.717) is 0 Å². The summed E-state index contributed by atoms with van der Waals surface area (Å²) in [6, 6.07) is 101. The largest absolute Gasteiger partial charge is 0.457 e. The predicted molar refractivity (Wildman–Crippen MR) is 367 cm³/mol. The van der Waals surface area contributed by atoms with Gasteiger partial charge in [-0.05, 0) is 140 Å². The van der Waals surface area contributed by atoms with E-state index in [-0.39, 0.29) is 10.8 Å². The van der Waals surface area contributed by atoms with Gasteiger partial charge in [-0.25, -0.2) is 0 Å². The number of hydrogen-bond donors (Lipinski definition) is 0. The highest BCUT2D eigenvalue weighted by atomic mass is 16.5. The lowest BCUT2D eigenvalue weighted by atomic mass is 9.67. The van der Waals surface area contributed by atoms with Gasteiger partial charge >= 0.3 is 0 Å². The molecular weight excluding hydrogens is 1070 g/mol. The molecule has 2 heterocycles. The van der Waals surface area contributed by atoms with Crippen LogP contribution in [0.4, 0.5) is 34.1 Å². The number of para-hydroxylation sites is 4. The van der Waals surface area contributed by atoms with Crippen LogP contribution in [0.25, 0.3) is 76.5 Å². The summed E-state index contributed by atoms with van der Waals surface area (Å²) in [5.41, 5.74) is 17.0. The van der Waals surface area contributed by atoms with Crippen molar-refractivity contribution in [3.05, 3.63) is 312 Å². The van der Waals surface area contributed by atoms with Crippen LogP contribution in [0.15, 0.2) is 288 Å². The first-order valence-corrected chi connectivity index (χ1v) is 30.6. The second kappa shape index (κ2) is 20.3. The van der Waals surface area contributed by atoms with Crippen LogP contribution < -0.4 is 14.5 Å². The molecular formula is C83H64N2O3. The Labute approximate surface area is 512 Å². The number of hydrogen-bond acceptors (Lipinski definition) is 5. The fourth-order valence-electron chi connectivity index (χ4n) is 14.1. The molecule has 1 aliphatic rings. The monoisotopic (exact) mass is 1140 g/mol. The van der Waals surface area contributed by atoms with Gasteiger partial charge in [0.1, 0.15) is 28.2 Å². The summed E-state index contributed by atoms with van der Waals surface area (Å²) in [6.45, 7) is 13.6. The minimum Gasteiger partial charge on any atom is -0.457 e. The molecule has 0 N–H and O–H groups in total. The van der Waals surface area contributed by atoms with Crippen molar-refractivity contribution in [1.82, 2.24) is 0 Å². The number of nitrogens with zero attached hydrogens (tertiary/aromatic N) is 2. The zero-order valence-electron chi connectivity index (χ0n) is 50.2. The topological polar surface area (TPSA) is 42.0 Å². The Morgan fingerprint density at radius 2 is 0.727 bits per heavy atom. The number of ether oxygens (including phenoxy) is 1. The number of anilines is 6. The normalized spacial score (nSPS) is 14.1. The molecule has 5 heteroatoms. The van der Waals surface area contributed by atoms with Gasteiger partial charge in [-0.1, -0.05) is 236 Å². The molecule has 0 bridgehead atoms. The summed E-state index contributed by atoms with van der Waals surface area (Å²) >= 11 is 0. The third-order valence-electron chi connectivity index (χ3n) is 18.3. The van der Waals surface area contributed by atoms with Gasteiger partial charge < -0.3 is 23.4 Å². The molecule has 424 valence electrons. The molecule has 1 unspecified atom stereocenters. The first-order valence-electron chi connectivity index (χ1n) is 30.6. The van der Waals surface area contributed by atoms with Crippen molar-refractivity contribution >= 4 is 99.5 Å². The van der Waals surface area contributed by atoms with Crippen molar-refractivity contribution in [1.29, 1.82) is 0 Å². The molecule has 1 aliphatic carbocycles. The first-order chi connectivity index (χ1) is 42.9. The highest BCUT2D eigenvalue weighted by molar-refractivity contribution is 6.26. The van der Waals surface area contributed by atoms with E-state index in [1.165, 1.54) is 11.1 Å². The molecule has 1 atom stereocenters. The second-order valence-corrected chi connectivity index (χ2v) is 25.6. The van der Waals surface area contributed by atoms with Gasteiger partial charge in [-0.15, -0.1) is 0 Å². The van der Waals surface area contributed by atoms with Gasteiger partial charge in [0.05, 0.1) is 33.6 Å². The zero-order chi connectivity index (χ0) is 59.5.